The molecule has 0 saturated heterocycles. The number of hydrogen-bond acceptors (Lipinski definition) is 3. The summed E-state index contributed by atoms with van der Waals surface area (Å²) in [4.78, 5) is 23.2. The minimum Gasteiger partial charge on any atom is -0.511 e. The van der Waals surface area contributed by atoms with Crippen molar-refractivity contribution in [1.82, 2.24) is 0 Å². The first-order chi connectivity index (χ1) is 3.42. The summed E-state index contributed by atoms with van der Waals surface area (Å²) in [7, 11) is -8.24. The van der Waals surface area contributed by atoms with Crippen LogP contribution in [0.3, 0.4) is 0 Å². The first-order valence-corrected chi connectivity index (χ1v) is 4.19. The van der Waals surface area contributed by atoms with Crippen molar-refractivity contribution in [3.8, 4) is 0 Å². The largest absolute Gasteiger partial charge is 0.772 e. The third kappa shape index (κ3) is 5.77. The maximum absolute atomic E-state index is 9.58. The second kappa shape index (κ2) is 2.36. The number of phosphoric acid groups is 1. The molecule has 0 aromatic rings. The molecule has 0 radical (unpaired) electrons. The molecule has 0 unspecified atom stereocenters. The molecule has 0 saturated carbocycles. The van der Waals surface area contributed by atoms with E-state index in [-0.39, 0.29) is 0 Å². The third-order valence-electron chi connectivity index (χ3n) is 0.197. The lowest BCUT2D eigenvalue weighted by molar-refractivity contribution is 0.245. The molecule has 0 aromatic carbocycles. The topological polar surface area (TPSA) is 104 Å². The highest BCUT2D eigenvalue weighted by molar-refractivity contribution is 7.47. The summed E-state index contributed by atoms with van der Waals surface area (Å²) in [6.45, 7) is 0. The van der Waals surface area contributed by atoms with Crippen molar-refractivity contribution < 1.29 is 27.8 Å². The minimum absolute atomic E-state index is 3.21. The highest BCUT2D eigenvalue weighted by atomic mass is 31.2. The number of rotatable bonds is 2. The Morgan fingerprint density at radius 2 is 1.88 bits per heavy atom. The van der Waals surface area contributed by atoms with Gasteiger partial charge in [-0.2, -0.15) is 0 Å². The Morgan fingerprint density at radius 3 is 1.88 bits per heavy atom. The molecule has 0 bridgehead atoms. The van der Waals surface area contributed by atoms with Crippen LogP contribution in [0.2, 0.25) is 0 Å². The Balaban J connectivity index is 3.74. The van der Waals surface area contributed by atoms with Crippen molar-refractivity contribution in [2.45, 2.75) is 0 Å². The van der Waals surface area contributed by atoms with E-state index in [1.165, 1.54) is 0 Å². The Bertz CT molecular complexity index is 131. The van der Waals surface area contributed by atoms with E-state index >= 15 is 0 Å². The molecule has 0 heterocycles. The smallest absolute Gasteiger partial charge is 0.511 e. The lowest BCUT2D eigenvalue weighted by Crippen LogP contribution is -2.01. The second-order valence-corrected chi connectivity index (χ2v) is 3.09. The second-order valence-electron chi connectivity index (χ2n) is 0.848. The van der Waals surface area contributed by atoms with Crippen LogP contribution in [0.15, 0.2) is 0 Å². The fourth-order valence-electron chi connectivity index (χ4n) is 0.102. The standard InChI is InChI=1S/H3O6PSi/c1-7(2,3)6-8(4)5/h4H,(H2,1,2,3). The van der Waals surface area contributed by atoms with Crippen LogP contribution in [-0.2, 0) is 13.2 Å². The van der Waals surface area contributed by atoms with E-state index in [9.17, 15) is 9.03 Å². The molecule has 0 aliphatic rings. The molecule has 0 aromatic heterocycles. The van der Waals surface area contributed by atoms with Crippen LogP contribution in [0.4, 0.5) is 0 Å². The summed E-state index contributed by atoms with van der Waals surface area (Å²) in [6.07, 6.45) is 0. The van der Waals surface area contributed by atoms with Crippen LogP contribution in [0, 0.1) is 0 Å². The van der Waals surface area contributed by atoms with Crippen molar-refractivity contribution in [1.29, 1.82) is 0 Å². The van der Waals surface area contributed by atoms with Gasteiger partial charge in [-0.25, -0.2) is 4.57 Å². The highest BCUT2D eigenvalue weighted by Gasteiger charge is 2.21. The van der Waals surface area contributed by atoms with Gasteiger partial charge in [0, 0.05) is 0 Å². The van der Waals surface area contributed by atoms with Crippen molar-refractivity contribution >= 4 is 17.0 Å². The van der Waals surface area contributed by atoms with Gasteiger partial charge in [-0.1, -0.05) is 0 Å². The van der Waals surface area contributed by atoms with Gasteiger partial charge < -0.3 is 9.01 Å². The molecule has 0 aliphatic carbocycles. The Kier molecular flexibility index (Phi) is 2.29. The van der Waals surface area contributed by atoms with Crippen molar-refractivity contribution in [3.05, 3.63) is 0 Å². The van der Waals surface area contributed by atoms with Gasteiger partial charge >= 0.3 is 17.0 Å². The highest BCUT2D eigenvalue weighted by Crippen LogP contribution is 2.34. The monoisotopic (exact) mass is 158 g/mol. The van der Waals surface area contributed by atoms with E-state index < -0.39 is 17.0 Å². The lowest BCUT2D eigenvalue weighted by Gasteiger charge is -1.97. The zero-order valence-corrected chi connectivity index (χ0v) is 5.41. The summed E-state index contributed by atoms with van der Waals surface area (Å²) in [5.41, 5.74) is 0. The van der Waals surface area contributed by atoms with Crippen LogP contribution in [-0.4, -0.2) is 23.8 Å². The number of hydrogen-bond donors (Lipinski definition) is 3. The molecule has 0 rings (SSSR count). The predicted octanol–water partition coefficient (Wildman–Crippen LogP) is -1.50. The van der Waals surface area contributed by atoms with Crippen molar-refractivity contribution in [3.63, 3.8) is 0 Å². The van der Waals surface area contributed by atoms with Crippen LogP contribution in [0.5, 0.6) is 0 Å². The van der Waals surface area contributed by atoms with Gasteiger partial charge in [0.1, 0.15) is 0 Å². The average molecular weight is 158 g/mol. The molecule has 48 valence electrons. The third-order valence-corrected chi connectivity index (χ3v) is 1.77. The molecule has 8 heavy (non-hydrogen) atoms. The van der Waals surface area contributed by atoms with E-state index in [0.717, 1.165) is 0 Å². The molecule has 3 N–H and O–H groups in total. The zero-order chi connectivity index (χ0) is 6.78. The molecule has 8 heteroatoms. The Labute approximate surface area is 45.9 Å². The van der Waals surface area contributed by atoms with Gasteiger partial charge in [-0.05, 0) is 0 Å². The van der Waals surface area contributed by atoms with Gasteiger partial charge in [0.05, 0.1) is 0 Å². The van der Waals surface area contributed by atoms with Gasteiger partial charge in [-0.15, -0.1) is 0 Å². The zero-order valence-electron chi connectivity index (χ0n) is 3.51. The van der Waals surface area contributed by atoms with Gasteiger partial charge in [-0.3, -0.25) is 14.2 Å². The van der Waals surface area contributed by atoms with Gasteiger partial charge in [0.15, 0.2) is 0 Å². The average Bonchev–Trinajstić information content (AvgIpc) is 1.21. The van der Waals surface area contributed by atoms with Crippen molar-refractivity contribution in [2.24, 2.45) is 0 Å². The summed E-state index contributed by atoms with van der Waals surface area (Å²) in [5.74, 6) is 0. The van der Waals surface area contributed by atoms with Crippen LogP contribution >= 0.6 is 7.82 Å². The van der Waals surface area contributed by atoms with Crippen LogP contribution in [0.1, 0.15) is 0 Å². The summed E-state index contributed by atoms with van der Waals surface area (Å²) < 4.78 is 22.3. The maximum atomic E-state index is 9.58. The van der Waals surface area contributed by atoms with Gasteiger partial charge in [0.2, 0.25) is 0 Å². The fourth-order valence-corrected chi connectivity index (χ4v) is 0.916. The van der Waals surface area contributed by atoms with E-state index in [1.807, 2.05) is 0 Å². The van der Waals surface area contributed by atoms with Crippen LogP contribution in [0.25, 0.3) is 0 Å². The van der Waals surface area contributed by atoms with E-state index in [0.29, 0.717) is 0 Å². The Morgan fingerprint density at radius 1 is 1.50 bits per heavy atom. The SMILES string of the molecule is O=[Si](O)OP(=O)(O)O. The van der Waals surface area contributed by atoms with E-state index in [2.05, 4.69) is 4.21 Å². The van der Waals surface area contributed by atoms with E-state index in [1.54, 1.807) is 0 Å². The summed E-state index contributed by atoms with van der Waals surface area (Å²) >= 11 is 0. The molecular formula is H3O6PSi. The molecule has 0 aliphatic heterocycles. The minimum atomic E-state index is -4.74. The molecule has 0 amide bonds. The van der Waals surface area contributed by atoms with E-state index in [4.69, 9.17) is 14.6 Å². The molecule has 0 fully saturated rings. The molecule has 0 spiro atoms. The maximum Gasteiger partial charge on any atom is 0.772 e. The van der Waals surface area contributed by atoms with Crippen molar-refractivity contribution in [2.75, 3.05) is 0 Å². The molecular weight excluding hydrogens is 155 g/mol. The summed E-state index contributed by atoms with van der Waals surface area (Å²) in [5, 5.41) is 0. The Hall–Kier alpha value is -0.233. The quantitative estimate of drug-likeness (QED) is 0.334. The lowest BCUT2D eigenvalue weighted by atomic mass is 15.7. The normalized spacial score (nSPS) is 10.8. The summed E-state index contributed by atoms with van der Waals surface area (Å²) in [6, 6.07) is 0. The van der Waals surface area contributed by atoms with Crippen LogP contribution < -0.4 is 0 Å². The molecule has 0 atom stereocenters. The fraction of sp³-hybridized carbons (Fsp3) is 0. The first-order valence-electron chi connectivity index (χ1n) is 1.40. The van der Waals surface area contributed by atoms with Gasteiger partial charge in [0.25, 0.3) is 0 Å². The molecule has 6 nitrogen and oxygen atoms in total. The predicted molar refractivity (Wildman–Crippen MR) is 21.8 cm³/mol. The first kappa shape index (κ1) is 7.77.